The van der Waals surface area contributed by atoms with Crippen LogP contribution in [-0.2, 0) is 34.3 Å². The van der Waals surface area contributed by atoms with Crippen LogP contribution >= 0.6 is 11.3 Å². The van der Waals surface area contributed by atoms with Gasteiger partial charge < -0.3 is 4.90 Å². The summed E-state index contributed by atoms with van der Waals surface area (Å²) in [5, 5.41) is 1.93. The van der Waals surface area contributed by atoms with E-state index in [1.165, 1.54) is 11.3 Å². The molecule has 146 valence electrons. The molecule has 7 heteroatoms. The first-order valence-corrected chi connectivity index (χ1v) is 11.7. The van der Waals surface area contributed by atoms with Gasteiger partial charge in [-0.1, -0.05) is 26.0 Å². The number of carbonyl (C=O) groups excluding carboxylic acids is 1. The molecule has 1 N–H and O–H groups in total. The van der Waals surface area contributed by atoms with Gasteiger partial charge in [0.2, 0.25) is 15.9 Å². The number of sulfonamides is 1. The monoisotopic (exact) mass is 406 g/mol. The van der Waals surface area contributed by atoms with Crippen molar-refractivity contribution in [3.63, 3.8) is 0 Å². The maximum Gasteiger partial charge on any atom is 0.240 e. The largest absolute Gasteiger partial charge is 0.338 e. The van der Waals surface area contributed by atoms with Crippen molar-refractivity contribution in [2.45, 2.75) is 51.1 Å². The lowest BCUT2D eigenvalue weighted by Crippen LogP contribution is -2.39. The third-order valence-corrected chi connectivity index (χ3v) is 7.44. The predicted molar refractivity (Wildman–Crippen MR) is 108 cm³/mol. The minimum absolute atomic E-state index is 0.0765. The molecule has 3 rings (SSSR count). The maximum absolute atomic E-state index is 12.6. The van der Waals surface area contributed by atoms with Gasteiger partial charge in [-0.05, 0) is 54.0 Å². The number of thiophene rings is 1. The molecule has 1 aliphatic heterocycles. The van der Waals surface area contributed by atoms with E-state index in [2.05, 4.69) is 4.72 Å². The second-order valence-electron chi connectivity index (χ2n) is 6.86. The van der Waals surface area contributed by atoms with E-state index in [1.54, 1.807) is 12.1 Å². The lowest BCUT2D eigenvalue weighted by atomic mass is 9.96. The van der Waals surface area contributed by atoms with Crippen LogP contribution in [0.2, 0.25) is 0 Å². The Morgan fingerprint density at radius 2 is 2.00 bits per heavy atom. The zero-order chi connectivity index (χ0) is 19.4. The number of amides is 1. The summed E-state index contributed by atoms with van der Waals surface area (Å²) in [4.78, 5) is 15.8. The van der Waals surface area contributed by atoms with Crippen LogP contribution in [0.3, 0.4) is 0 Å². The Kier molecular flexibility index (Phi) is 6.34. The Labute approximate surface area is 165 Å². The second kappa shape index (κ2) is 8.54. The first kappa shape index (κ1) is 20.0. The van der Waals surface area contributed by atoms with Crippen LogP contribution in [0.4, 0.5) is 0 Å². The molecule has 0 saturated carbocycles. The molecule has 0 unspecified atom stereocenters. The highest BCUT2D eigenvalue weighted by molar-refractivity contribution is 7.89. The summed E-state index contributed by atoms with van der Waals surface area (Å²) in [6.07, 6.45) is 2.40. The van der Waals surface area contributed by atoms with Gasteiger partial charge in [-0.3, -0.25) is 4.79 Å². The van der Waals surface area contributed by atoms with E-state index in [-0.39, 0.29) is 16.7 Å². The number of hydrogen-bond acceptors (Lipinski definition) is 4. The summed E-state index contributed by atoms with van der Waals surface area (Å²) in [6.45, 7) is 5.60. The summed E-state index contributed by atoms with van der Waals surface area (Å²) in [6, 6.07) is 9.06. The van der Waals surface area contributed by atoms with Crippen LogP contribution in [-0.4, -0.2) is 25.8 Å². The van der Waals surface area contributed by atoms with Gasteiger partial charge in [0.05, 0.1) is 4.90 Å². The predicted octanol–water partition coefficient (Wildman–Crippen LogP) is 3.55. The quantitative estimate of drug-likeness (QED) is 0.765. The van der Waals surface area contributed by atoms with Crippen molar-refractivity contribution in [1.29, 1.82) is 0 Å². The van der Waals surface area contributed by atoms with Crippen molar-refractivity contribution >= 4 is 27.3 Å². The van der Waals surface area contributed by atoms with Crippen molar-refractivity contribution in [3.05, 3.63) is 51.7 Å². The van der Waals surface area contributed by atoms with E-state index < -0.39 is 10.0 Å². The molecule has 5 nitrogen and oxygen atoms in total. The van der Waals surface area contributed by atoms with Crippen molar-refractivity contribution in [3.8, 4) is 0 Å². The first-order chi connectivity index (χ1) is 12.9. The van der Waals surface area contributed by atoms with E-state index in [9.17, 15) is 13.2 Å². The van der Waals surface area contributed by atoms with Gasteiger partial charge in [0.15, 0.2) is 0 Å². The molecule has 0 fully saturated rings. The molecule has 0 bridgehead atoms. The molecule has 27 heavy (non-hydrogen) atoms. The molecule has 1 aliphatic rings. The summed E-state index contributed by atoms with van der Waals surface area (Å²) in [5.41, 5.74) is 2.06. The van der Waals surface area contributed by atoms with Crippen LogP contribution in [0.1, 0.15) is 42.7 Å². The number of fused-ring (bicyclic) bond motifs is 1. The Bertz CT molecular complexity index is 888. The fourth-order valence-corrected chi connectivity index (χ4v) is 5.24. The lowest BCUT2D eigenvalue weighted by Gasteiger charge is -2.31. The highest BCUT2D eigenvalue weighted by atomic mass is 32.2. The van der Waals surface area contributed by atoms with Gasteiger partial charge in [-0.2, -0.15) is 0 Å². The van der Waals surface area contributed by atoms with E-state index in [0.717, 1.165) is 28.8 Å². The van der Waals surface area contributed by atoms with E-state index in [1.807, 2.05) is 42.3 Å². The molecule has 0 spiro atoms. The summed E-state index contributed by atoms with van der Waals surface area (Å²) in [5.74, 6) is 0.285. The number of nitrogens with one attached hydrogen (secondary N) is 1. The number of benzene rings is 1. The first-order valence-electron chi connectivity index (χ1n) is 9.37. The number of nitrogens with zero attached hydrogens (tertiary/aromatic N) is 1. The van der Waals surface area contributed by atoms with Gasteiger partial charge in [-0.25, -0.2) is 13.1 Å². The molecule has 1 aromatic carbocycles. The van der Waals surface area contributed by atoms with Gasteiger partial charge in [0.1, 0.15) is 0 Å². The standard InChI is InChI=1S/C20H26N2O3S2/c1-3-15(4-2)20(23)22-10-9-16-12-19(8-7-17(16)14-22)27(24,25)21-13-18-6-5-11-26-18/h5-8,11-12,15,21H,3-4,9-10,13-14H2,1-2H3. The number of rotatable bonds is 7. The van der Waals surface area contributed by atoms with Crippen LogP contribution in [0, 0.1) is 5.92 Å². The normalized spacial score (nSPS) is 14.4. The molecule has 0 radical (unpaired) electrons. The number of carbonyl (C=O) groups is 1. The smallest absolute Gasteiger partial charge is 0.240 e. The van der Waals surface area contributed by atoms with Crippen molar-refractivity contribution < 1.29 is 13.2 Å². The van der Waals surface area contributed by atoms with Crippen LogP contribution in [0.5, 0.6) is 0 Å². The Hall–Kier alpha value is -1.70. The van der Waals surface area contributed by atoms with E-state index in [4.69, 9.17) is 0 Å². The zero-order valence-electron chi connectivity index (χ0n) is 15.8. The third kappa shape index (κ3) is 4.59. The van der Waals surface area contributed by atoms with Gasteiger partial charge in [0, 0.05) is 30.4 Å². The average Bonchev–Trinajstić information content (AvgIpc) is 3.20. The molecule has 0 atom stereocenters. The minimum atomic E-state index is -3.54. The van der Waals surface area contributed by atoms with Gasteiger partial charge in [0.25, 0.3) is 0 Å². The third-order valence-electron chi connectivity index (χ3n) is 5.16. The highest BCUT2D eigenvalue weighted by Gasteiger charge is 2.26. The molecule has 2 heterocycles. The maximum atomic E-state index is 12.6. The SMILES string of the molecule is CCC(CC)C(=O)N1CCc2cc(S(=O)(=O)NCc3cccs3)ccc2C1. The molecular weight excluding hydrogens is 380 g/mol. The van der Waals surface area contributed by atoms with Crippen molar-refractivity contribution in [2.24, 2.45) is 5.92 Å². The molecule has 0 aliphatic carbocycles. The summed E-state index contributed by atoms with van der Waals surface area (Å²) in [7, 11) is -3.54. The van der Waals surface area contributed by atoms with Crippen molar-refractivity contribution in [1.82, 2.24) is 9.62 Å². The Balaban J connectivity index is 1.72. The molecule has 0 saturated heterocycles. The minimum Gasteiger partial charge on any atom is -0.338 e. The molecule has 1 amide bonds. The summed E-state index contributed by atoms with van der Waals surface area (Å²) >= 11 is 1.53. The Morgan fingerprint density at radius 3 is 2.67 bits per heavy atom. The molecular formula is C20H26N2O3S2. The second-order valence-corrected chi connectivity index (χ2v) is 9.66. The van der Waals surface area contributed by atoms with Crippen LogP contribution in [0.25, 0.3) is 0 Å². The number of hydrogen-bond donors (Lipinski definition) is 1. The van der Waals surface area contributed by atoms with Crippen LogP contribution < -0.4 is 4.72 Å². The molecule has 1 aromatic heterocycles. The topological polar surface area (TPSA) is 66.5 Å². The lowest BCUT2D eigenvalue weighted by molar-refractivity contribution is -0.136. The zero-order valence-corrected chi connectivity index (χ0v) is 17.4. The fourth-order valence-electron chi connectivity index (χ4n) is 3.44. The van der Waals surface area contributed by atoms with Crippen molar-refractivity contribution in [2.75, 3.05) is 6.54 Å². The fraction of sp³-hybridized carbons (Fsp3) is 0.450. The van der Waals surface area contributed by atoms with Gasteiger partial charge >= 0.3 is 0 Å². The van der Waals surface area contributed by atoms with E-state index >= 15 is 0 Å². The van der Waals surface area contributed by atoms with E-state index in [0.29, 0.717) is 26.1 Å². The highest BCUT2D eigenvalue weighted by Crippen LogP contribution is 2.25. The Morgan fingerprint density at radius 1 is 1.22 bits per heavy atom. The van der Waals surface area contributed by atoms with Gasteiger partial charge in [-0.15, -0.1) is 11.3 Å². The summed E-state index contributed by atoms with van der Waals surface area (Å²) < 4.78 is 27.8. The average molecular weight is 407 g/mol. The molecule has 2 aromatic rings. The van der Waals surface area contributed by atoms with Crippen LogP contribution in [0.15, 0.2) is 40.6 Å².